The highest BCUT2D eigenvalue weighted by molar-refractivity contribution is 5.92. The fourth-order valence-electron chi connectivity index (χ4n) is 4.15. The van der Waals surface area contributed by atoms with Crippen LogP contribution < -0.4 is 0 Å². The van der Waals surface area contributed by atoms with Gasteiger partial charge in [0.05, 0.1) is 0 Å². The second-order valence-corrected chi connectivity index (χ2v) is 7.02. The molecule has 0 spiro atoms. The average Bonchev–Trinajstić information content (AvgIpc) is 2.72. The molecule has 0 unspecified atom stereocenters. The Balaban J connectivity index is 1.81. The summed E-state index contributed by atoms with van der Waals surface area (Å²) >= 11 is 0. The van der Waals surface area contributed by atoms with Crippen LogP contribution >= 0.6 is 0 Å². The van der Waals surface area contributed by atoms with E-state index in [0.29, 0.717) is 5.92 Å². The largest absolute Gasteiger partial charge is 0.507 e. The number of esters is 1. The number of phenolic OH excluding ortho intramolecular Hbond substituents is 1. The van der Waals surface area contributed by atoms with Crippen LogP contribution in [0.5, 0.6) is 5.75 Å². The number of rotatable bonds is 2. The third-order valence-corrected chi connectivity index (χ3v) is 6.09. The highest BCUT2D eigenvalue weighted by Gasteiger charge is 2.62. The number of fused-ring (bicyclic) bond motifs is 2. The lowest BCUT2D eigenvalue weighted by Gasteiger charge is -2.38. The fourth-order valence-corrected chi connectivity index (χ4v) is 4.15. The SMILES string of the molecule is CC1(C)[C@@H]2CC[C@]1(C)[C@@H](OC(=O)c1ccccc1O)C2. The Morgan fingerprint density at radius 2 is 2.00 bits per heavy atom. The van der Waals surface area contributed by atoms with E-state index in [1.807, 2.05) is 0 Å². The molecule has 2 bridgehead atoms. The number of carbonyl (C=O) groups excluding carboxylic acids is 1. The zero-order valence-electron chi connectivity index (χ0n) is 12.3. The van der Waals surface area contributed by atoms with Crippen molar-refractivity contribution >= 4 is 5.97 Å². The first-order valence-corrected chi connectivity index (χ1v) is 7.35. The maximum atomic E-state index is 12.3. The molecular weight excluding hydrogens is 252 g/mol. The van der Waals surface area contributed by atoms with Gasteiger partial charge in [-0.25, -0.2) is 4.79 Å². The number of phenols is 1. The van der Waals surface area contributed by atoms with Crippen LogP contribution in [0.3, 0.4) is 0 Å². The van der Waals surface area contributed by atoms with E-state index in [1.54, 1.807) is 18.2 Å². The van der Waals surface area contributed by atoms with Gasteiger partial charge in [-0.1, -0.05) is 32.9 Å². The van der Waals surface area contributed by atoms with Gasteiger partial charge in [0.25, 0.3) is 0 Å². The quantitative estimate of drug-likeness (QED) is 0.835. The third-order valence-electron chi connectivity index (χ3n) is 6.09. The smallest absolute Gasteiger partial charge is 0.342 e. The second-order valence-electron chi connectivity index (χ2n) is 7.02. The van der Waals surface area contributed by atoms with E-state index in [0.717, 1.165) is 12.8 Å². The Kier molecular flexibility index (Phi) is 2.86. The molecule has 3 heteroatoms. The molecule has 2 saturated carbocycles. The molecule has 1 aromatic carbocycles. The van der Waals surface area contributed by atoms with E-state index in [9.17, 15) is 9.90 Å². The molecule has 1 N–H and O–H groups in total. The van der Waals surface area contributed by atoms with E-state index in [-0.39, 0.29) is 28.2 Å². The Hall–Kier alpha value is -1.51. The van der Waals surface area contributed by atoms with E-state index in [1.165, 1.54) is 12.5 Å². The first kappa shape index (κ1) is 13.5. The lowest BCUT2D eigenvalue weighted by molar-refractivity contribution is -0.0244. The van der Waals surface area contributed by atoms with Crippen molar-refractivity contribution < 1.29 is 14.6 Å². The van der Waals surface area contributed by atoms with E-state index in [2.05, 4.69) is 20.8 Å². The highest BCUT2D eigenvalue weighted by Crippen LogP contribution is 2.66. The molecule has 1 aromatic rings. The van der Waals surface area contributed by atoms with Gasteiger partial charge < -0.3 is 9.84 Å². The molecule has 3 atom stereocenters. The van der Waals surface area contributed by atoms with Crippen molar-refractivity contribution in [3.05, 3.63) is 29.8 Å². The van der Waals surface area contributed by atoms with Gasteiger partial charge in [0.2, 0.25) is 0 Å². The Morgan fingerprint density at radius 1 is 1.30 bits per heavy atom. The van der Waals surface area contributed by atoms with Gasteiger partial charge in [0.1, 0.15) is 17.4 Å². The minimum atomic E-state index is -0.405. The molecule has 0 aliphatic heterocycles. The average molecular weight is 274 g/mol. The van der Waals surface area contributed by atoms with Crippen LogP contribution in [-0.4, -0.2) is 17.2 Å². The molecule has 2 fully saturated rings. The predicted octanol–water partition coefficient (Wildman–Crippen LogP) is 3.76. The summed E-state index contributed by atoms with van der Waals surface area (Å²) < 4.78 is 5.75. The molecule has 3 rings (SSSR count). The number of carbonyl (C=O) groups is 1. The monoisotopic (exact) mass is 274 g/mol. The molecule has 0 radical (unpaired) electrons. The Morgan fingerprint density at radius 3 is 2.55 bits per heavy atom. The summed E-state index contributed by atoms with van der Waals surface area (Å²) in [6, 6.07) is 6.57. The molecular formula is C17H22O3. The van der Waals surface area contributed by atoms with Crippen LogP contribution in [0, 0.1) is 16.7 Å². The fraction of sp³-hybridized carbons (Fsp3) is 0.588. The zero-order valence-corrected chi connectivity index (χ0v) is 12.3. The van der Waals surface area contributed by atoms with Crippen LogP contribution in [0.25, 0.3) is 0 Å². The van der Waals surface area contributed by atoms with Crippen molar-refractivity contribution in [1.82, 2.24) is 0 Å². The van der Waals surface area contributed by atoms with Crippen molar-refractivity contribution in [2.75, 3.05) is 0 Å². The molecule has 0 amide bonds. The number of hydrogen-bond donors (Lipinski definition) is 1. The van der Waals surface area contributed by atoms with E-state index < -0.39 is 5.97 Å². The van der Waals surface area contributed by atoms with Crippen molar-refractivity contribution in [3.63, 3.8) is 0 Å². The molecule has 0 aromatic heterocycles. The van der Waals surface area contributed by atoms with Gasteiger partial charge in [-0.05, 0) is 42.7 Å². The Bertz CT molecular complexity index is 549. The van der Waals surface area contributed by atoms with Gasteiger partial charge in [-0.2, -0.15) is 0 Å². The first-order valence-electron chi connectivity index (χ1n) is 7.35. The third kappa shape index (κ3) is 1.68. The number of aromatic hydroxyl groups is 1. The number of benzene rings is 1. The van der Waals surface area contributed by atoms with Gasteiger partial charge in [-0.15, -0.1) is 0 Å². The standard InChI is InChI=1S/C17H22O3/c1-16(2)11-8-9-17(16,3)14(10-11)20-15(19)12-6-4-5-7-13(12)18/h4-7,11,14,18H,8-10H2,1-3H3/t11-,14+,17-/m1/s1. The molecule has 3 nitrogen and oxygen atoms in total. The van der Waals surface area contributed by atoms with Crippen LogP contribution in [0.2, 0.25) is 0 Å². The van der Waals surface area contributed by atoms with Crippen LogP contribution in [0.4, 0.5) is 0 Å². The van der Waals surface area contributed by atoms with Crippen molar-refractivity contribution in [2.45, 2.75) is 46.1 Å². The van der Waals surface area contributed by atoms with E-state index in [4.69, 9.17) is 4.74 Å². The van der Waals surface area contributed by atoms with Gasteiger partial charge in [0, 0.05) is 5.41 Å². The summed E-state index contributed by atoms with van der Waals surface area (Å²) in [7, 11) is 0. The number of para-hydroxylation sites is 1. The summed E-state index contributed by atoms with van der Waals surface area (Å²) in [6.07, 6.45) is 3.25. The molecule has 2 aliphatic rings. The molecule has 2 aliphatic carbocycles. The summed E-state index contributed by atoms with van der Waals surface area (Å²) in [5, 5.41) is 9.75. The topological polar surface area (TPSA) is 46.5 Å². The van der Waals surface area contributed by atoms with Crippen molar-refractivity contribution in [3.8, 4) is 5.75 Å². The van der Waals surface area contributed by atoms with Crippen molar-refractivity contribution in [2.24, 2.45) is 16.7 Å². The Labute approximate surface area is 120 Å². The molecule has 20 heavy (non-hydrogen) atoms. The van der Waals surface area contributed by atoms with Crippen LogP contribution in [0.15, 0.2) is 24.3 Å². The second kappa shape index (κ2) is 4.24. The zero-order chi connectivity index (χ0) is 14.5. The van der Waals surface area contributed by atoms with Gasteiger partial charge >= 0.3 is 5.97 Å². The molecule has 0 saturated heterocycles. The van der Waals surface area contributed by atoms with Crippen LogP contribution in [0.1, 0.15) is 50.4 Å². The highest BCUT2D eigenvalue weighted by atomic mass is 16.5. The van der Waals surface area contributed by atoms with E-state index >= 15 is 0 Å². The molecule has 108 valence electrons. The normalized spacial score (nSPS) is 34.1. The first-order chi connectivity index (χ1) is 9.36. The van der Waals surface area contributed by atoms with Crippen LogP contribution in [-0.2, 0) is 4.74 Å². The number of ether oxygens (including phenoxy) is 1. The van der Waals surface area contributed by atoms with Gasteiger partial charge in [-0.3, -0.25) is 0 Å². The minimum absolute atomic E-state index is 0.00919. The summed E-state index contributed by atoms with van der Waals surface area (Å²) in [5.41, 5.74) is 0.533. The summed E-state index contributed by atoms with van der Waals surface area (Å²) in [6.45, 7) is 6.82. The number of hydrogen-bond acceptors (Lipinski definition) is 3. The predicted molar refractivity (Wildman–Crippen MR) is 76.5 cm³/mol. The van der Waals surface area contributed by atoms with Gasteiger partial charge in [0.15, 0.2) is 0 Å². The lowest BCUT2D eigenvalue weighted by atomic mass is 9.70. The maximum Gasteiger partial charge on any atom is 0.342 e. The minimum Gasteiger partial charge on any atom is -0.507 e. The summed E-state index contributed by atoms with van der Waals surface area (Å²) in [5.74, 6) is 0.220. The molecule has 0 heterocycles. The summed E-state index contributed by atoms with van der Waals surface area (Å²) in [4.78, 5) is 12.3. The lowest BCUT2D eigenvalue weighted by Crippen LogP contribution is -2.38. The maximum absolute atomic E-state index is 12.3. The van der Waals surface area contributed by atoms with Crippen molar-refractivity contribution in [1.29, 1.82) is 0 Å².